The third-order valence-corrected chi connectivity index (χ3v) is 3.86. The van der Waals surface area contributed by atoms with E-state index in [-0.39, 0.29) is 11.4 Å². The van der Waals surface area contributed by atoms with Crippen LogP contribution in [0.5, 0.6) is 0 Å². The average molecular weight is 260 g/mol. The van der Waals surface area contributed by atoms with Crippen LogP contribution < -0.4 is 5.32 Å². The summed E-state index contributed by atoms with van der Waals surface area (Å²) >= 11 is 0. The van der Waals surface area contributed by atoms with Gasteiger partial charge in [-0.05, 0) is 57.4 Å². The molecule has 1 aromatic rings. The van der Waals surface area contributed by atoms with Crippen molar-refractivity contribution in [2.75, 3.05) is 18.4 Å². The quantitative estimate of drug-likeness (QED) is 0.898. The molecule has 19 heavy (non-hydrogen) atoms. The van der Waals surface area contributed by atoms with Gasteiger partial charge in [-0.3, -0.25) is 4.79 Å². The van der Waals surface area contributed by atoms with Crippen LogP contribution >= 0.6 is 0 Å². The van der Waals surface area contributed by atoms with Crippen molar-refractivity contribution in [1.82, 2.24) is 4.90 Å². The van der Waals surface area contributed by atoms with Gasteiger partial charge in [-0.1, -0.05) is 6.92 Å². The predicted molar refractivity (Wildman–Crippen MR) is 79.6 cm³/mol. The molecule has 1 saturated heterocycles. The third kappa shape index (κ3) is 3.09. The molecule has 1 aromatic carbocycles. The molecule has 2 rings (SSSR count). The first kappa shape index (κ1) is 13.9. The summed E-state index contributed by atoms with van der Waals surface area (Å²) in [4.78, 5) is 14.5. The molecule has 0 unspecified atom stereocenters. The number of amides is 1. The van der Waals surface area contributed by atoms with Crippen molar-refractivity contribution in [1.29, 1.82) is 0 Å². The Hall–Kier alpha value is -1.51. The maximum absolute atomic E-state index is 12.5. The highest BCUT2D eigenvalue weighted by Crippen LogP contribution is 2.29. The lowest BCUT2D eigenvalue weighted by Crippen LogP contribution is -2.42. The number of rotatable bonds is 4. The number of carbonyl (C=O) groups is 1. The summed E-state index contributed by atoms with van der Waals surface area (Å²) in [5.41, 5.74) is 1.87. The summed E-state index contributed by atoms with van der Waals surface area (Å²) in [5.74, 6) is 0.157. The molecule has 1 N–H and O–H groups in total. The zero-order valence-electron chi connectivity index (χ0n) is 12.2. The molecular formula is C16H24N2O. The molecule has 1 fully saturated rings. The van der Waals surface area contributed by atoms with Crippen molar-refractivity contribution >= 4 is 11.6 Å². The van der Waals surface area contributed by atoms with Gasteiger partial charge in [0, 0.05) is 29.9 Å². The molecule has 1 heterocycles. The molecule has 0 bridgehead atoms. The molecule has 3 heteroatoms. The molecule has 0 atom stereocenters. The highest BCUT2D eigenvalue weighted by Gasteiger charge is 2.35. The van der Waals surface area contributed by atoms with E-state index < -0.39 is 0 Å². The fraction of sp³-hybridized carbons (Fsp3) is 0.562. The van der Waals surface area contributed by atoms with E-state index in [2.05, 4.69) is 26.1 Å². The van der Waals surface area contributed by atoms with Crippen LogP contribution in [0.25, 0.3) is 0 Å². The molecule has 3 nitrogen and oxygen atoms in total. The zero-order valence-corrected chi connectivity index (χ0v) is 12.2. The van der Waals surface area contributed by atoms with Crippen LogP contribution in [0.2, 0.25) is 0 Å². The van der Waals surface area contributed by atoms with Crippen LogP contribution in [0, 0.1) is 0 Å². The van der Waals surface area contributed by atoms with E-state index in [4.69, 9.17) is 0 Å². The topological polar surface area (TPSA) is 32.3 Å². The number of carbonyl (C=O) groups excluding carboxylic acids is 1. The number of hydrogen-bond donors (Lipinski definition) is 1. The van der Waals surface area contributed by atoms with Crippen LogP contribution in [0.4, 0.5) is 5.69 Å². The SMILES string of the molecule is CCCNc1ccc(C(=O)N2CCCC2(C)C)cc1. The van der Waals surface area contributed by atoms with E-state index in [1.807, 2.05) is 29.2 Å². The smallest absolute Gasteiger partial charge is 0.254 e. The van der Waals surface area contributed by atoms with Crippen LogP contribution in [0.1, 0.15) is 50.4 Å². The second-order valence-electron chi connectivity index (χ2n) is 5.88. The average Bonchev–Trinajstić information content (AvgIpc) is 2.76. The van der Waals surface area contributed by atoms with E-state index >= 15 is 0 Å². The van der Waals surface area contributed by atoms with Gasteiger partial charge in [0.2, 0.25) is 0 Å². The third-order valence-electron chi connectivity index (χ3n) is 3.86. The lowest BCUT2D eigenvalue weighted by molar-refractivity contribution is 0.0652. The predicted octanol–water partition coefficient (Wildman–Crippen LogP) is 3.52. The second kappa shape index (κ2) is 5.64. The summed E-state index contributed by atoms with van der Waals surface area (Å²) in [5, 5.41) is 3.32. The zero-order chi connectivity index (χ0) is 13.9. The number of nitrogens with zero attached hydrogens (tertiary/aromatic N) is 1. The first-order valence-corrected chi connectivity index (χ1v) is 7.20. The summed E-state index contributed by atoms with van der Waals surface area (Å²) in [6.07, 6.45) is 3.30. The van der Waals surface area contributed by atoms with Gasteiger partial charge in [-0.15, -0.1) is 0 Å². The largest absolute Gasteiger partial charge is 0.385 e. The Morgan fingerprint density at radius 1 is 1.32 bits per heavy atom. The van der Waals surface area contributed by atoms with Gasteiger partial charge >= 0.3 is 0 Å². The maximum atomic E-state index is 12.5. The molecule has 0 radical (unpaired) electrons. The molecule has 0 saturated carbocycles. The summed E-state index contributed by atoms with van der Waals surface area (Å²) < 4.78 is 0. The Morgan fingerprint density at radius 3 is 2.53 bits per heavy atom. The van der Waals surface area contributed by atoms with Crippen molar-refractivity contribution in [2.45, 2.75) is 45.6 Å². The molecule has 1 aliphatic rings. The monoisotopic (exact) mass is 260 g/mol. The molecule has 0 aromatic heterocycles. The van der Waals surface area contributed by atoms with Crippen molar-refractivity contribution in [2.24, 2.45) is 0 Å². The lowest BCUT2D eigenvalue weighted by atomic mass is 10.0. The highest BCUT2D eigenvalue weighted by molar-refractivity contribution is 5.95. The summed E-state index contributed by atoms with van der Waals surface area (Å²) in [6.45, 7) is 8.28. The van der Waals surface area contributed by atoms with Gasteiger partial charge < -0.3 is 10.2 Å². The Bertz CT molecular complexity index is 437. The van der Waals surface area contributed by atoms with E-state index in [1.54, 1.807) is 0 Å². The first-order valence-electron chi connectivity index (χ1n) is 7.20. The van der Waals surface area contributed by atoms with Gasteiger partial charge in [-0.2, -0.15) is 0 Å². The molecular weight excluding hydrogens is 236 g/mol. The number of likely N-dealkylation sites (tertiary alicyclic amines) is 1. The van der Waals surface area contributed by atoms with Gasteiger partial charge in [0.05, 0.1) is 0 Å². The van der Waals surface area contributed by atoms with Crippen molar-refractivity contribution in [3.8, 4) is 0 Å². The maximum Gasteiger partial charge on any atom is 0.254 e. The normalized spacial score (nSPS) is 17.5. The van der Waals surface area contributed by atoms with Crippen LogP contribution in [-0.4, -0.2) is 29.4 Å². The standard InChI is InChI=1S/C16H24N2O/c1-4-11-17-14-8-6-13(7-9-14)15(19)18-12-5-10-16(18,2)3/h6-9,17H,4-5,10-12H2,1-3H3. The molecule has 1 aliphatic heterocycles. The van der Waals surface area contributed by atoms with Crippen molar-refractivity contribution in [3.63, 3.8) is 0 Å². The summed E-state index contributed by atoms with van der Waals surface area (Å²) in [6, 6.07) is 7.83. The molecule has 1 amide bonds. The Kier molecular flexibility index (Phi) is 4.13. The Morgan fingerprint density at radius 2 is 2.00 bits per heavy atom. The van der Waals surface area contributed by atoms with Crippen molar-refractivity contribution < 1.29 is 4.79 Å². The lowest BCUT2D eigenvalue weighted by Gasteiger charge is -2.31. The van der Waals surface area contributed by atoms with Crippen LogP contribution in [0.3, 0.4) is 0 Å². The van der Waals surface area contributed by atoms with Crippen molar-refractivity contribution in [3.05, 3.63) is 29.8 Å². The number of nitrogens with one attached hydrogen (secondary N) is 1. The number of anilines is 1. The van der Waals surface area contributed by atoms with E-state index in [9.17, 15) is 4.79 Å². The van der Waals surface area contributed by atoms with Crippen LogP contribution in [-0.2, 0) is 0 Å². The number of hydrogen-bond acceptors (Lipinski definition) is 2. The minimum absolute atomic E-state index is 0.00375. The molecule has 0 spiro atoms. The van der Waals surface area contributed by atoms with Gasteiger partial charge in [0.25, 0.3) is 5.91 Å². The number of benzene rings is 1. The van der Waals surface area contributed by atoms with E-state index in [0.29, 0.717) is 0 Å². The fourth-order valence-corrected chi connectivity index (χ4v) is 2.64. The first-order chi connectivity index (χ1) is 9.04. The van der Waals surface area contributed by atoms with Gasteiger partial charge in [0.15, 0.2) is 0 Å². The Balaban J connectivity index is 2.07. The minimum Gasteiger partial charge on any atom is -0.385 e. The van der Waals surface area contributed by atoms with Gasteiger partial charge in [-0.25, -0.2) is 0 Å². The molecule has 0 aliphatic carbocycles. The Labute approximate surface area is 116 Å². The minimum atomic E-state index is -0.00375. The fourth-order valence-electron chi connectivity index (χ4n) is 2.64. The van der Waals surface area contributed by atoms with E-state index in [1.165, 1.54) is 0 Å². The van der Waals surface area contributed by atoms with Crippen LogP contribution in [0.15, 0.2) is 24.3 Å². The molecule has 104 valence electrons. The highest BCUT2D eigenvalue weighted by atomic mass is 16.2. The van der Waals surface area contributed by atoms with Gasteiger partial charge in [0.1, 0.15) is 0 Å². The summed E-state index contributed by atoms with van der Waals surface area (Å²) in [7, 11) is 0. The van der Waals surface area contributed by atoms with E-state index in [0.717, 1.165) is 43.6 Å². The second-order valence-corrected chi connectivity index (χ2v) is 5.88.